The number of carbonyl (C=O) groups is 2. The Morgan fingerprint density at radius 2 is 1.95 bits per heavy atom. The van der Waals surface area contributed by atoms with Gasteiger partial charge in [0.05, 0.1) is 0 Å². The molecule has 4 heteroatoms. The van der Waals surface area contributed by atoms with Crippen molar-refractivity contribution in [2.24, 2.45) is 5.92 Å². The van der Waals surface area contributed by atoms with Gasteiger partial charge in [0.2, 0.25) is 0 Å². The number of benzene rings is 1. The highest BCUT2D eigenvalue weighted by Crippen LogP contribution is 2.23. The average molecular weight is 301 g/mol. The van der Waals surface area contributed by atoms with Gasteiger partial charge >= 0.3 is 5.97 Å². The van der Waals surface area contributed by atoms with Crippen molar-refractivity contribution in [1.82, 2.24) is 5.32 Å². The number of esters is 1. The second-order valence-corrected chi connectivity index (χ2v) is 5.79. The van der Waals surface area contributed by atoms with Gasteiger partial charge in [0.15, 0.2) is 6.61 Å². The largest absolute Gasteiger partial charge is 0.452 e. The van der Waals surface area contributed by atoms with Gasteiger partial charge in [-0.15, -0.1) is 0 Å². The Bertz CT molecular complexity index is 524. The van der Waals surface area contributed by atoms with E-state index in [1.165, 1.54) is 12.5 Å². The summed E-state index contributed by atoms with van der Waals surface area (Å²) in [5.41, 5.74) is 0.917. The lowest BCUT2D eigenvalue weighted by molar-refractivity contribution is -0.144. The van der Waals surface area contributed by atoms with Gasteiger partial charge in [-0.3, -0.25) is 4.79 Å². The van der Waals surface area contributed by atoms with Crippen molar-refractivity contribution < 1.29 is 14.3 Å². The third-order valence-corrected chi connectivity index (χ3v) is 4.01. The molecular weight excluding hydrogens is 278 g/mol. The minimum absolute atomic E-state index is 0.208. The van der Waals surface area contributed by atoms with Crippen LogP contribution >= 0.6 is 0 Å². The minimum atomic E-state index is -0.504. The molecule has 1 aliphatic rings. The molecule has 0 bridgehead atoms. The normalized spacial score (nSPS) is 21.5. The van der Waals surface area contributed by atoms with Crippen molar-refractivity contribution in [2.45, 2.75) is 38.6 Å². The standard InChI is InChI=1S/C18H23NO3/c1-14-7-5-6-10-16(14)19-17(20)13-22-18(21)12-11-15-8-3-2-4-9-15/h2-4,8-9,11-12,14,16H,5-7,10,13H2,1H3,(H,19,20)/b12-11+/t14-,16-/m0/s1. The molecule has 118 valence electrons. The number of hydrogen-bond acceptors (Lipinski definition) is 3. The zero-order valence-corrected chi connectivity index (χ0v) is 13.0. The van der Waals surface area contributed by atoms with Crippen LogP contribution in [0, 0.1) is 5.92 Å². The second kappa shape index (κ2) is 8.37. The van der Waals surface area contributed by atoms with E-state index in [1.807, 2.05) is 30.3 Å². The summed E-state index contributed by atoms with van der Waals surface area (Å²) < 4.78 is 4.96. The summed E-state index contributed by atoms with van der Waals surface area (Å²) in [6.45, 7) is 1.93. The molecule has 2 rings (SSSR count). The van der Waals surface area contributed by atoms with Crippen LogP contribution in [-0.4, -0.2) is 24.5 Å². The summed E-state index contributed by atoms with van der Waals surface area (Å²) in [5, 5.41) is 2.96. The number of carbonyl (C=O) groups excluding carboxylic acids is 2. The van der Waals surface area contributed by atoms with E-state index in [0.717, 1.165) is 24.8 Å². The van der Waals surface area contributed by atoms with Crippen LogP contribution in [0.5, 0.6) is 0 Å². The van der Waals surface area contributed by atoms with E-state index in [2.05, 4.69) is 12.2 Å². The summed E-state index contributed by atoms with van der Waals surface area (Å²) in [4.78, 5) is 23.4. The molecule has 1 saturated carbocycles. The molecule has 4 nitrogen and oxygen atoms in total. The lowest BCUT2D eigenvalue weighted by Crippen LogP contribution is -2.42. The Morgan fingerprint density at radius 3 is 2.68 bits per heavy atom. The second-order valence-electron chi connectivity index (χ2n) is 5.79. The summed E-state index contributed by atoms with van der Waals surface area (Å²) in [6.07, 6.45) is 7.54. The molecule has 0 saturated heterocycles. The molecule has 0 spiro atoms. The molecule has 1 aliphatic carbocycles. The van der Waals surface area contributed by atoms with E-state index < -0.39 is 5.97 Å². The number of rotatable bonds is 5. The van der Waals surface area contributed by atoms with Crippen molar-refractivity contribution in [1.29, 1.82) is 0 Å². The summed E-state index contributed by atoms with van der Waals surface area (Å²) in [5.74, 6) is -0.234. The monoisotopic (exact) mass is 301 g/mol. The first kappa shape index (κ1) is 16.3. The zero-order chi connectivity index (χ0) is 15.8. The lowest BCUT2D eigenvalue weighted by Gasteiger charge is -2.29. The number of ether oxygens (including phenoxy) is 1. The zero-order valence-electron chi connectivity index (χ0n) is 13.0. The van der Waals surface area contributed by atoms with Crippen LogP contribution in [0.15, 0.2) is 36.4 Å². The van der Waals surface area contributed by atoms with Crippen LogP contribution in [0.4, 0.5) is 0 Å². The fraction of sp³-hybridized carbons (Fsp3) is 0.444. The van der Waals surface area contributed by atoms with Crippen LogP contribution < -0.4 is 5.32 Å². The quantitative estimate of drug-likeness (QED) is 0.672. The summed E-state index contributed by atoms with van der Waals surface area (Å²) in [6, 6.07) is 9.68. The molecule has 0 heterocycles. The number of amides is 1. The maximum Gasteiger partial charge on any atom is 0.331 e. The van der Waals surface area contributed by atoms with Gasteiger partial charge in [0.25, 0.3) is 5.91 Å². The van der Waals surface area contributed by atoms with Crippen molar-refractivity contribution in [3.05, 3.63) is 42.0 Å². The Morgan fingerprint density at radius 1 is 1.23 bits per heavy atom. The van der Waals surface area contributed by atoms with E-state index in [4.69, 9.17) is 4.74 Å². The summed E-state index contributed by atoms with van der Waals surface area (Å²) in [7, 11) is 0. The maximum absolute atomic E-state index is 11.8. The van der Waals surface area contributed by atoms with Crippen molar-refractivity contribution in [2.75, 3.05) is 6.61 Å². The van der Waals surface area contributed by atoms with E-state index >= 15 is 0 Å². The molecular formula is C18H23NO3. The summed E-state index contributed by atoms with van der Waals surface area (Å²) >= 11 is 0. The maximum atomic E-state index is 11.8. The Kier molecular flexibility index (Phi) is 6.19. The lowest BCUT2D eigenvalue weighted by atomic mass is 9.86. The van der Waals surface area contributed by atoms with E-state index in [0.29, 0.717) is 5.92 Å². The Balaban J connectivity index is 1.71. The highest BCUT2D eigenvalue weighted by atomic mass is 16.5. The highest BCUT2D eigenvalue weighted by molar-refractivity contribution is 5.89. The minimum Gasteiger partial charge on any atom is -0.452 e. The van der Waals surface area contributed by atoms with Gasteiger partial charge in [-0.25, -0.2) is 4.79 Å². The molecule has 1 amide bonds. The van der Waals surface area contributed by atoms with Gasteiger partial charge in [-0.2, -0.15) is 0 Å². The third kappa shape index (κ3) is 5.35. The molecule has 1 aromatic carbocycles. The molecule has 0 unspecified atom stereocenters. The first-order valence-corrected chi connectivity index (χ1v) is 7.84. The predicted octanol–water partition coefficient (Wildman–Crippen LogP) is 2.94. The topological polar surface area (TPSA) is 55.4 Å². The van der Waals surface area contributed by atoms with E-state index in [-0.39, 0.29) is 18.6 Å². The highest BCUT2D eigenvalue weighted by Gasteiger charge is 2.22. The van der Waals surface area contributed by atoms with Gasteiger partial charge in [0.1, 0.15) is 0 Å². The van der Waals surface area contributed by atoms with Crippen LogP contribution in [-0.2, 0) is 14.3 Å². The van der Waals surface area contributed by atoms with Crippen molar-refractivity contribution in [3.8, 4) is 0 Å². The van der Waals surface area contributed by atoms with Crippen LogP contribution in [0.3, 0.4) is 0 Å². The van der Waals surface area contributed by atoms with Crippen molar-refractivity contribution >= 4 is 18.0 Å². The SMILES string of the molecule is C[C@H]1CCCC[C@@H]1NC(=O)COC(=O)/C=C/c1ccccc1. The molecule has 0 aromatic heterocycles. The van der Waals surface area contributed by atoms with Crippen molar-refractivity contribution in [3.63, 3.8) is 0 Å². The van der Waals surface area contributed by atoms with E-state index in [9.17, 15) is 9.59 Å². The molecule has 1 aromatic rings. The van der Waals surface area contributed by atoms with Gasteiger partial charge in [0, 0.05) is 12.1 Å². The van der Waals surface area contributed by atoms with Gasteiger partial charge in [-0.1, -0.05) is 50.1 Å². The first-order chi connectivity index (χ1) is 10.6. The average Bonchev–Trinajstić information content (AvgIpc) is 2.54. The molecule has 0 aliphatic heterocycles. The first-order valence-electron chi connectivity index (χ1n) is 7.84. The van der Waals surface area contributed by atoms with Crippen LogP contribution in [0.2, 0.25) is 0 Å². The number of hydrogen-bond donors (Lipinski definition) is 1. The molecule has 22 heavy (non-hydrogen) atoms. The smallest absolute Gasteiger partial charge is 0.331 e. The predicted molar refractivity (Wildman–Crippen MR) is 86.0 cm³/mol. The molecule has 1 N–H and O–H groups in total. The van der Waals surface area contributed by atoms with Crippen LogP contribution in [0.25, 0.3) is 6.08 Å². The molecule has 2 atom stereocenters. The fourth-order valence-corrected chi connectivity index (χ4v) is 2.69. The van der Waals surface area contributed by atoms with Crippen LogP contribution in [0.1, 0.15) is 38.2 Å². The van der Waals surface area contributed by atoms with E-state index in [1.54, 1.807) is 6.08 Å². The Labute approximate surface area is 131 Å². The molecule has 0 radical (unpaired) electrons. The Hall–Kier alpha value is -2.10. The number of nitrogens with one attached hydrogen (secondary N) is 1. The van der Waals surface area contributed by atoms with Gasteiger partial charge in [-0.05, 0) is 30.4 Å². The fourth-order valence-electron chi connectivity index (χ4n) is 2.69. The van der Waals surface area contributed by atoms with Gasteiger partial charge < -0.3 is 10.1 Å². The molecule has 1 fully saturated rings. The third-order valence-electron chi connectivity index (χ3n) is 4.01.